The van der Waals surface area contributed by atoms with Crippen LogP contribution in [0.4, 0.5) is 39.5 Å². The second kappa shape index (κ2) is 9.06. The molecule has 1 aromatic heterocycles. The maximum Gasteiger partial charge on any atom is 0.457 e. The third-order valence-electron chi connectivity index (χ3n) is 5.67. The van der Waals surface area contributed by atoms with Crippen LogP contribution >= 0.6 is 11.3 Å². The quantitative estimate of drug-likeness (QED) is 0.243. The maximum absolute atomic E-state index is 15.0. The van der Waals surface area contributed by atoms with E-state index in [1.807, 2.05) is 6.07 Å². The van der Waals surface area contributed by atoms with Crippen molar-refractivity contribution in [2.45, 2.75) is 50.6 Å². The van der Waals surface area contributed by atoms with Crippen molar-refractivity contribution in [3.05, 3.63) is 63.2 Å². The lowest BCUT2D eigenvalue weighted by atomic mass is 9.83. The summed E-state index contributed by atoms with van der Waals surface area (Å²) in [5, 5.41) is 9.11. The first kappa shape index (κ1) is 27.4. The van der Waals surface area contributed by atoms with Crippen LogP contribution in [0.1, 0.15) is 44.5 Å². The molecule has 2 aromatic carbocycles. The Kier molecular flexibility index (Phi) is 6.91. The Hall–Kier alpha value is -3.14. The molecule has 3 rings (SSSR count). The molecule has 0 aliphatic heterocycles. The minimum absolute atomic E-state index is 0.0771. The number of aryl methyl sites for hydroxylation is 2. The highest BCUT2D eigenvalue weighted by Crippen LogP contribution is 2.58. The minimum atomic E-state index is -6.83. The van der Waals surface area contributed by atoms with Crippen molar-refractivity contribution in [2.24, 2.45) is 0 Å². The summed E-state index contributed by atoms with van der Waals surface area (Å²) in [5.41, 5.74) is -7.71. The van der Waals surface area contributed by atoms with Crippen LogP contribution in [0.15, 0.2) is 30.3 Å². The summed E-state index contributed by atoms with van der Waals surface area (Å²) in [6, 6.07) is 6.76. The highest BCUT2D eigenvalue weighted by Gasteiger charge is 2.81. The largest absolute Gasteiger partial charge is 0.457 e. The van der Waals surface area contributed by atoms with Gasteiger partial charge in [-0.3, -0.25) is 4.79 Å². The number of nitriles is 1. The van der Waals surface area contributed by atoms with Crippen LogP contribution in [-0.4, -0.2) is 29.0 Å². The smallest absolute Gasteiger partial charge is 0.294 e. The summed E-state index contributed by atoms with van der Waals surface area (Å²) in [4.78, 5) is 16.9. The number of rotatable bonds is 6. The summed E-state index contributed by atoms with van der Waals surface area (Å²) in [6.07, 6.45) is -14.0. The number of Topliss-reactive ketones (excluding diaryl/α,β-unsaturated/α-hetero) is 1. The Labute approximate surface area is 202 Å². The predicted molar refractivity (Wildman–Crippen MR) is 113 cm³/mol. The highest BCUT2D eigenvalue weighted by atomic mass is 32.1. The van der Waals surface area contributed by atoms with E-state index in [1.165, 1.54) is 25.1 Å². The van der Waals surface area contributed by atoms with E-state index in [-0.39, 0.29) is 39.7 Å². The maximum atomic E-state index is 15.0. The van der Waals surface area contributed by atoms with Crippen molar-refractivity contribution in [2.75, 3.05) is 0 Å². The second-order valence-corrected chi connectivity index (χ2v) is 8.96. The standard InChI is InChI=1S/C23H15F9N2OS/c1-3-12-7-14(20(24,22(27,28)29)21(25,26)23(30,31)32)6-11(2)15(12)9-17(35)13-4-5-16-18(8-13)36-19(10-33)34-16/h4-8H,3,9H2,1-2H3. The van der Waals surface area contributed by atoms with Gasteiger partial charge in [-0.2, -0.15) is 40.4 Å². The molecule has 0 aliphatic rings. The Balaban J connectivity index is 2.08. The van der Waals surface area contributed by atoms with Gasteiger partial charge < -0.3 is 0 Å². The fourth-order valence-electron chi connectivity index (χ4n) is 3.78. The molecule has 0 radical (unpaired) electrons. The summed E-state index contributed by atoms with van der Waals surface area (Å²) in [6.45, 7) is 2.47. The number of thiazole rings is 1. The zero-order valence-corrected chi connectivity index (χ0v) is 19.2. The van der Waals surface area contributed by atoms with Crippen LogP contribution in [-0.2, 0) is 18.5 Å². The van der Waals surface area contributed by atoms with E-state index in [4.69, 9.17) is 5.26 Å². The Morgan fingerprint density at radius 3 is 2.17 bits per heavy atom. The van der Waals surface area contributed by atoms with Gasteiger partial charge >= 0.3 is 23.9 Å². The molecule has 13 heteroatoms. The van der Waals surface area contributed by atoms with E-state index in [1.54, 1.807) is 0 Å². The number of carbonyl (C=O) groups excluding carboxylic acids is 1. The zero-order valence-electron chi connectivity index (χ0n) is 18.4. The fraction of sp³-hybridized carbons (Fsp3) is 0.348. The normalized spacial score (nSPS) is 14.5. The Morgan fingerprint density at radius 1 is 1.00 bits per heavy atom. The van der Waals surface area contributed by atoms with E-state index in [0.717, 1.165) is 18.3 Å². The number of carbonyl (C=O) groups is 1. The molecular weight excluding hydrogens is 523 g/mol. The second-order valence-electron chi connectivity index (χ2n) is 7.93. The van der Waals surface area contributed by atoms with Gasteiger partial charge in [-0.05, 0) is 48.2 Å². The van der Waals surface area contributed by atoms with Gasteiger partial charge in [0.05, 0.1) is 10.2 Å². The number of aromatic nitrogens is 1. The van der Waals surface area contributed by atoms with E-state index in [2.05, 4.69) is 4.98 Å². The first-order valence-corrected chi connectivity index (χ1v) is 11.0. The minimum Gasteiger partial charge on any atom is -0.294 e. The first-order chi connectivity index (χ1) is 16.5. The van der Waals surface area contributed by atoms with Crippen LogP contribution in [0.5, 0.6) is 0 Å². The lowest BCUT2D eigenvalue weighted by Crippen LogP contribution is -2.59. The molecule has 0 amide bonds. The number of ketones is 1. The molecule has 0 N–H and O–H groups in total. The lowest BCUT2D eigenvalue weighted by molar-refractivity contribution is -0.389. The molecule has 3 nitrogen and oxygen atoms in total. The van der Waals surface area contributed by atoms with Gasteiger partial charge in [-0.1, -0.05) is 19.1 Å². The van der Waals surface area contributed by atoms with Gasteiger partial charge in [0, 0.05) is 17.5 Å². The third kappa shape index (κ3) is 4.42. The van der Waals surface area contributed by atoms with Gasteiger partial charge in [-0.25, -0.2) is 9.37 Å². The predicted octanol–water partition coefficient (Wildman–Crippen LogP) is 7.39. The SMILES string of the molecule is CCc1cc(C(F)(C(F)(F)F)C(F)(F)C(F)(F)F)cc(C)c1CC(=O)c1ccc2nc(C#N)sc2c1. The number of alkyl halides is 9. The molecule has 36 heavy (non-hydrogen) atoms. The fourth-order valence-corrected chi connectivity index (χ4v) is 4.59. The van der Waals surface area contributed by atoms with Gasteiger partial charge in [0.15, 0.2) is 10.8 Å². The molecule has 0 fully saturated rings. The van der Waals surface area contributed by atoms with Crippen molar-refractivity contribution >= 4 is 27.3 Å². The number of fused-ring (bicyclic) bond motifs is 1. The molecule has 1 heterocycles. The zero-order chi connectivity index (χ0) is 27.3. The number of nitrogens with zero attached hydrogens (tertiary/aromatic N) is 2. The molecule has 1 atom stereocenters. The molecule has 0 saturated heterocycles. The van der Waals surface area contributed by atoms with Gasteiger partial charge in [-0.15, -0.1) is 11.3 Å². The van der Waals surface area contributed by atoms with E-state index >= 15 is 0 Å². The molecule has 0 spiro atoms. The van der Waals surface area contributed by atoms with Crippen LogP contribution < -0.4 is 0 Å². The Morgan fingerprint density at radius 2 is 1.64 bits per heavy atom. The lowest BCUT2D eigenvalue weighted by Gasteiger charge is -2.36. The van der Waals surface area contributed by atoms with Crippen molar-refractivity contribution in [3.8, 4) is 6.07 Å². The highest BCUT2D eigenvalue weighted by molar-refractivity contribution is 7.19. The van der Waals surface area contributed by atoms with Crippen LogP contribution in [0, 0.1) is 18.3 Å². The molecule has 0 bridgehead atoms. The number of halogens is 9. The van der Waals surface area contributed by atoms with Crippen LogP contribution in [0.3, 0.4) is 0 Å². The van der Waals surface area contributed by atoms with Crippen LogP contribution in [0.25, 0.3) is 10.2 Å². The first-order valence-electron chi connectivity index (χ1n) is 10.1. The van der Waals surface area contributed by atoms with Crippen molar-refractivity contribution in [1.82, 2.24) is 4.98 Å². The number of benzene rings is 2. The third-order valence-corrected chi connectivity index (χ3v) is 6.59. The summed E-state index contributed by atoms with van der Waals surface area (Å²) < 4.78 is 122. The number of hydrogen-bond acceptors (Lipinski definition) is 4. The van der Waals surface area contributed by atoms with E-state index in [0.29, 0.717) is 16.3 Å². The molecule has 3 aromatic rings. The van der Waals surface area contributed by atoms with Crippen molar-refractivity contribution < 1.29 is 44.3 Å². The van der Waals surface area contributed by atoms with Crippen molar-refractivity contribution in [3.63, 3.8) is 0 Å². The molecule has 192 valence electrons. The number of hydrogen-bond donors (Lipinski definition) is 0. The summed E-state index contributed by atoms with van der Waals surface area (Å²) in [5.74, 6) is -7.32. The average molecular weight is 538 g/mol. The van der Waals surface area contributed by atoms with Crippen LogP contribution in [0.2, 0.25) is 0 Å². The van der Waals surface area contributed by atoms with Crippen molar-refractivity contribution in [1.29, 1.82) is 5.26 Å². The molecule has 1 unspecified atom stereocenters. The topological polar surface area (TPSA) is 53.8 Å². The molecular formula is C23H15F9N2OS. The average Bonchev–Trinajstić information content (AvgIpc) is 3.20. The molecule has 0 saturated carbocycles. The van der Waals surface area contributed by atoms with Gasteiger partial charge in [0.25, 0.3) is 0 Å². The molecule has 0 aliphatic carbocycles. The van der Waals surface area contributed by atoms with Gasteiger partial charge in [0.1, 0.15) is 6.07 Å². The summed E-state index contributed by atoms with van der Waals surface area (Å²) in [7, 11) is 0. The summed E-state index contributed by atoms with van der Waals surface area (Å²) >= 11 is 1.02. The van der Waals surface area contributed by atoms with Gasteiger partial charge in [0.2, 0.25) is 0 Å². The van der Waals surface area contributed by atoms with E-state index < -0.39 is 41.7 Å². The monoisotopic (exact) mass is 538 g/mol. The van der Waals surface area contributed by atoms with E-state index in [9.17, 15) is 44.3 Å². The Bertz CT molecular complexity index is 1370.